The number of hydrogen-bond donors (Lipinski definition) is 3. The van der Waals surface area contributed by atoms with Crippen LogP contribution in [0, 0.1) is 5.92 Å². The van der Waals surface area contributed by atoms with Crippen LogP contribution in [0.4, 0.5) is 5.69 Å². The molecule has 2 aliphatic carbocycles. The zero-order valence-electron chi connectivity index (χ0n) is 24.3. The highest BCUT2D eigenvalue weighted by Crippen LogP contribution is 2.54. The molecule has 1 aliphatic heterocycles. The fourth-order valence-electron chi connectivity index (χ4n) is 7.02. The van der Waals surface area contributed by atoms with E-state index in [1.165, 1.54) is 17.1 Å². The summed E-state index contributed by atoms with van der Waals surface area (Å²) in [6.45, 7) is 5.46. The average Bonchev–Trinajstić information content (AvgIpc) is 3.61. The summed E-state index contributed by atoms with van der Waals surface area (Å²) < 4.78 is 29.3. The smallest absolute Gasteiger partial charge is 0.251 e. The topological polar surface area (TPSA) is 104 Å². The SMILES string of the molecule is CCn1cc2c3c(cc(C(=O)NC4([C@H](O)CNC5CCC(C)CC5)CC4c4ccccc4)cc31)N(C)S(=O)(=O)CC2. The number of hydrogen-bond acceptors (Lipinski definition) is 5. The van der Waals surface area contributed by atoms with Gasteiger partial charge in [-0.3, -0.25) is 9.10 Å². The minimum absolute atomic E-state index is 0.00438. The van der Waals surface area contributed by atoms with Crippen LogP contribution in [0.3, 0.4) is 0 Å². The van der Waals surface area contributed by atoms with Crippen LogP contribution in [0.25, 0.3) is 10.9 Å². The van der Waals surface area contributed by atoms with Crippen molar-refractivity contribution in [1.29, 1.82) is 0 Å². The van der Waals surface area contributed by atoms with E-state index in [4.69, 9.17) is 0 Å². The van der Waals surface area contributed by atoms with E-state index in [0.29, 0.717) is 43.2 Å². The van der Waals surface area contributed by atoms with Crippen LogP contribution in [0.2, 0.25) is 0 Å². The summed E-state index contributed by atoms with van der Waals surface area (Å²) in [5, 5.41) is 19.3. The predicted octanol–water partition coefficient (Wildman–Crippen LogP) is 4.17. The van der Waals surface area contributed by atoms with E-state index in [1.54, 1.807) is 13.1 Å². The van der Waals surface area contributed by atoms with Gasteiger partial charge in [-0.1, -0.05) is 37.3 Å². The number of sulfonamides is 1. The Morgan fingerprint density at radius 1 is 1.15 bits per heavy atom. The molecule has 220 valence electrons. The maximum Gasteiger partial charge on any atom is 0.251 e. The van der Waals surface area contributed by atoms with E-state index in [-0.39, 0.29) is 17.6 Å². The van der Waals surface area contributed by atoms with Crippen molar-refractivity contribution in [3.8, 4) is 0 Å². The van der Waals surface area contributed by atoms with Crippen LogP contribution in [0.1, 0.15) is 73.4 Å². The number of nitrogens with zero attached hydrogens (tertiary/aromatic N) is 2. The van der Waals surface area contributed by atoms with Gasteiger partial charge in [0.1, 0.15) is 0 Å². The third-order valence-corrected chi connectivity index (χ3v) is 11.5. The van der Waals surface area contributed by atoms with Crippen molar-refractivity contribution < 1.29 is 18.3 Å². The van der Waals surface area contributed by atoms with Crippen molar-refractivity contribution in [2.24, 2.45) is 5.92 Å². The Balaban J connectivity index is 1.31. The Morgan fingerprint density at radius 2 is 1.88 bits per heavy atom. The number of benzene rings is 2. The molecular formula is C32H42N4O4S. The lowest BCUT2D eigenvalue weighted by atomic mass is 9.87. The van der Waals surface area contributed by atoms with Gasteiger partial charge in [-0.15, -0.1) is 0 Å². The number of aromatic nitrogens is 1. The molecule has 0 saturated heterocycles. The number of carbonyl (C=O) groups excluding carboxylic acids is 1. The molecule has 0 radical (unpaired) electrons. The fraction of sp³-hybridized carbons (Fsp3) is 0.531. The molecule has 8 nitrogen and oxygen atoms in total. The summed E-state index contributed by atoms with van der Waals surface area (Å²) >= 11 is 0. The second kappa shape index (κ2) is 10.7. The van der Waals surface area contributed by atoms with E-state index >= 15 is 0 Å². The molecule has 2 saturated carbocycles. The van der Waals surface area contributed by atoms with Crippen molar-refractivity contribution in [3.05, 3.63) is 65.4 Å². The lowest BCUT2D eigenvalue weighted by Gasteiger charge is -2.31. The van der Waals surface area contributed by atoms with Crippen LogP contribution < -0.4 is 14.9 Å². The molecule has 2 aromatic carbocycles. The molecule has 1 aromatic heterocycles. The Morgan fingerprint density at radius 3 is 2.59 bits per heavy atom. The molecule has 2 heterocycles. The number of amides is 1. The monoisotopic (exact) mass is 578 g/mol. The van der Waals surface area contributed by atoms with E-state index in [0.717, 1.165) is 40.8 Å². The Kier molecular flexibility index (Phi) is 7.41. The standard InChI is InChI=1S/C32H42N4O4S/c1-4-36-20-23-14-15-41(39,40)35(3)27-16-24(17-28(36)30(23)27)31(38)34-32(18-26(32)22-8-6-5-7-9-22)29(37)19-33-25-12-10-21(2)11-13-25/h5-9,16-17,20-21,25-26,29,33,37H,4,10-15,18-19H2,1-3H3,(H,34,38)/t21?,25?,26?,29-,32?/m1/s1. The van der Waals surface area contributed by atoms with Crippen LogP contribution in [-0.2, 0) is 23.0 Å². The molecule has 2 fully saturated rings. The quantitative estimate of drug-likeness (QED) is 0.372. The van der Waals surface area contributed by atoms with E-state index in [1.807, 2.05) is 37.4 Å². The number of nitrogens with one attached hydrogen (secondary N) is 2. The minimum atomic E-state index is -3.50. The van der Waals surface area contributed by atoms with Gasteiger partial charge in [-0.25, -0.2) is 8.42 Å². The summed E-state index contributed by atoms with van der Waals surface area (Å²) in [6.07, 6.45) is 6.93. The molecule has 1 amide bonds. The van der Waals surface area contributed by atoms with Crippen molar-refractivity contribution >= 4 is 32.5 Å². The lowest BCUT2D eigenvalue weighted by Crippen LogP contribution is -2.52. The van der Waals surface area contributed by atoms with Crippen molar-refractivity contribution in [3.63, 3.8) is 0 Å². The summed E-state index contributed by atoms with van der Waals surface area (Å²) in [4.78, 5) is 14.0. The summed E-state index contributed by atoms with van der Waals surface area (Å²) in [5.74, 6) is 0.479. The maximum atomic E-state index is 14.0. The first-order chi connectivity index (χ1) is 19.6. The Bertz CT molecular complexity index is 1540. The normalized spacial score (nSPS) is 27.8. The van der Waals surface area contributed by atoms with E-state index < -0.39 is 21.7 Å². The number of rotatable bonds is 8. The molecule has 41 heavy (non-hydrogen) atoms. The molecule has 3 aliphatic rings. The highest BCUT2D eigenvalue weighted by atomic mass is 32.2. The maximum absolute atomic E-state index is 14.0. The fourth-order valence-corrected chi connectivity index (χ4v) is 8.22. The zero-order valence-corrected chi connectivity index (χ0v) is 25.1. The number of aliphatic hydroxyl groups is 1. The van der Waals surface area contributed by atoms with Crippen molar-refractivity contribution in [1.82, 2.24) is 15.2 Å². The van der Waals surface area contributed by atoms with Crippen molar-refractivity contribution in [2.75, 3.05) is 23.7 Å². The summed E-state index contributed by atoms with van der Waals surface area (Å²) in [6, 6.07) is 14.0. The molecular weight excluding hydrogens is 536 g/mol. The molecule has 9 heteroatoms. The number of aryl methyl sites for hydroxylation is 2. The Labute approximate surface area is 243 Å². The number of anilines is 1. The molecule has 2 unspecified atom stereocenters. The van der Waals surface area contributed by atoms with Crippen molar-refractivity contribution in [2.45, 2.75) is 82.5 Å². The van der Waals surface area contributed by atoms with Crippen LogP contribution >= 0.6 is 0 Å². The van der Waals surface area contributed by atoms with Gasteiger partial charge < -0.3 is 20.3 Å². The average molecular weight is 579 g/mol. The van der Waals surface area contributed by atoms with Gasteiger partial charge in [0, 0.05) is 49.2 Å². The van der Waals surface area contributed by atoms with E-state index in [2.05, 4.69) is 34.3 Å². The third kappa shape index (κ3) is 5.17. The van der Waals surface area contributed by atoms with Crippen LogP contribution in [0.5, 0.6) is 0 Å². The second-order valence-electron chi connectivity index (χ2n) is 12.4. The number of carbonyl (C=O) groups is 1. The first-order valence-electron chi connectivity index (χ1n) is 15.0. The Hall–Kier alpha value is -2.88. The lowest BCUT2D eigenvalue weighted by molar-refractivity contribution is 0.0765. The first-order valence-corrected chi connectivity index (χ1v) is 16.6. The highest BCUT2D eigenvalue weighted by Gasteiger charge is 2.60. The molecule has 3 atom stereocenters. The van der Waals surface area contributed by atoms with E-state index in [9.17, 15) is 18.3 Å². The summed E-state index contributed by atoms with van der Waals surface area (Å²) in [7, 11) is -1.93. The van der Waals surface area contributed by atoms with Gasteiger partial charge >= 0.3 is 0 Å². The zero-order chi connectivity index (χ0) is 28.9. The molecule has 0 spiro atoms. The van der Waals surface area contributed by atoms with Crippen LogP contribution in [0.15, 0.2) is 48.7 Å². The number of aliphatic hydroxyl groups excluding tert-OH is 1. The molecule has 0 bridgehead atoms. The van der Waals surface area contributed by atoms with Gasteiger partial charge in [0.25, 0.3) is 5.91 Å². The van der Waals surface area contributed by atoms with Gasteiger partial charge in [-0.2, -0.15) is 0 Å². The second-order valence-corrected chi connectivity index (χ2v) is 14.5. The predicted molar refractivity (Wildman–Crippen MR) is 163 cm³/mol. The molecule has 3 aromatic rings. The molecule has 6 rings (SSSR count). The van der Waals surface area contributed by atoms with Gasteiger partial charge in [-0.05, 0) is 74.6 Å². The van der Waals surface area contributed by atoms with Crippen LogP contribution in [-0.4, -0.2) is 61.0 Å². The summed E-state index contributed by atoms with van der Waals surface area (Å²) in [5.41, 5.74) is 3.06. The van der Waals surface area contributed by atoms with Gasteiger partial charge in [0.2, 0.25) is 10.0 Å². The largest absolute Gasteiger partial charge is 0.389 e. The first kappa shape index (κ1) is 28.2. The molecule has 3 N–H and O–H groups in total. The van der Waals surface area contributed by atoms with Gasteiger partial charge in [0.05, 0.1) is 28.6 Å². The third-order valence-electron chi connectivity index (χ3n) is 9.79. The van der Waals surface area contributed by atoms with Gasteiger partial charge in [0.15, 0.2) is 0 Å². The highest BCUT2D eigenvalue weighted by molar-refractivity contribution is 7.92. The minimum Gasteiger partial charge on any atom is -0.389 e.